The maximum absolute atomic E-state index is 12.1. The molecule has 0 radical (unpaired) electrons. The van der Waals surface area contributed by atoms with Crippen LogP contribution >= 0.6 is 0 Å². The Morgan fingerprint density at radius 1 is 1.11 bits per heavy atom. The Morgan fingerprint density at radius 2 is 1.61 bits per heavy atom. The molecule has 104 valence electrons. The van der Waals surface area contributed by atoms with Crippen LogP contribution < -0.4 is 10.6 Å². The molecule has 2 aliphatic carbocycles. The second-order valence-electron chi connectivity index (χ2n) is 6.11. The maximum Gasteiger partial charge on any atom is 0.237 e. The van der Waals surface area contributed by atoms with Gasteiger partial charge in [0.25, 0.3) is 0 Å². The predicted molar refractivity (Wildman–Crippen MR) is 74.3 cm³/mol. The van der Waals surface area contributed by atoms with Gasteiger partial charge < -0.3 is 10.6 Å². The summed E-state index contributed by atoms with van der Waals surface area (Å²) in [5.41, 5.74) is 0. The van der Waals surface area contributed by atoms with Gasteiger partial charge in [-0.2, -0.15) is 0 Å². The Kier molecular flexibility index (Phi) is 4.66. The molecule has 1 amide bonds. The van der Waals surface area contributed by atoms with Gasteiger partial charge in [0, 0.05) is 12.1 Å². The molecule has 2 fully saturated rings. The summed E-state index contributed by atoms with van der Waals surface area (Å²) in [7, 11) is 0. The highest BCUT2D eigenvalue weighted by molar-refractivity contribution is 5.81. The molecule has 1 atom stereocenters. The Morgan fingerprint density at radius 3 is 2.00 bits per heavy atom. The third-order valence-electron chi connectivity index (χ3n) is 4.43. The van der Waals surface area contributed by atoms with Crippen LogP contribution in [0.25, 0.3) is 0 Å². The van der Waals surface area contributed by atoms with Gasteiger partial charge in [-0.15, -0.1) is 0 Å². The van der Waals surface area contributed by atoms with Gasteiger partial charge in [-0.3, -0.25) is 4.79 Å². The van der Waals surface area contributed by atoms with Crippen LogP contribution in [0.2, 0.25) is 0 Å². The molecule has 0 aromatic carbocycles. The number of nitrogens with one attached hydrogen (secondary N) is 2. The van der Waals surface area contributed by atoms with E-state index in [1.807, 2.05) is 6.92 Å². The van der Waals surface area contributed by atoms with E-state index in [1.165, 1.54) is 25.7 Å². The van der Waals surface area contributed by atoms with E-state index < -0.39 is 0 Å². The lowest BCUT2D eigenvalue weighted by atomic mass is 10.1. The third-order valence-corrected chi connectivity index (χ3v) is 4.43. The molecule has 2 rings (SSSR count). The quantitative estimate of drug-likeness (QED) is 0.697. The second kappa shape index (κ2) is 6.05. The fourth-order valence-corrected chi connectivity index (χ4v) is 2.75. The number of hydrogen-bond acceptors (Lipinski definition) is 2. The van der Waals surface area contributed by atoms with Gasteiger partial charge >= 0.3 is 0 Å². The number of amides is 1. The molecular formula is C15H28N2O. The van der Waals surface area contributed by atoms with Gasteiger partial charge in [-0.1, -0.05) is 13.8 Å². The molecule has 2 saturated carbocycles. The lowest BCUT2D eigenvalue weighted by molar-refractivity contribution is -0.123. The van der Waals surface area contributed by atoms with Crippen molar-refractivity contribution in [3.8, 4) is 0 Å². The van der Waals surface area contributed by atoms with Crippen molar-refractivity contribution in [2.45, 2.75) is 77.4 Å². The van der Waals surface area contributed by atoms with Crippen LogP contribution in [0.4, 0.5) is 0 Å². The van der Waals surface area contributed by atoms with Crippen molar-refractivity contribution in [2.24, 2.45) is 11.8 Å². The van der Waals surface area contributed by atoms with Crippen molar-refractivity contribution in [3.05, 3.63) is 0 Å². The average molecular weight is 252 g/mol. The molecule has 2 N–H and O–H groups in total. The zero-order valence-electron chi connectivity index (χ0n) is 12.0. The van der Waals surface area contributed by atoms with Crippen LogP contribution in [-0.2, 0) is 4.79 Å². The van der Waals surface area contributed by atoms with Gasteiger partial charge in [0.2, 0.25) is 5.91 Å². The van der Waals surface area contributed by atoms with E-state index in [9.17, 15) is 4.79 Å². The molecule has 0 aromatic rings. The van der Waals surface area contributed by atoms with Crippen LogP contribution in [0.1, 0.15) is 59.3 Å². The van der Waals surface area contributed by atoms with E-state index >= 15 is 0 Å². The summed E-state index contributed by atoms with van der Waals surface area (Å²) in [6, 6.07) is 0.895. The van der Waals surface area contributed by atoms with Crippen molar-refractivity contribution in [3.63, 3.8) is 0 Å². The summed E-state index contributed by atoms with van der Waals surface area (Å²) in [6.07, 6.45) is 7.46. The molecule has 3 heteroatoms. The summed E-state index contributed by atoms with van der Waals surface area (Å²) >= 11 is 0. The normalized spacial score (nSPS) is 21.4. The summed E-state index contributed by atoms with van der Waals surface area (Å²) in [5.74, 6) is 1.87. The monoisotopic (exact) mass is 252 g/mol. The SMILES string of the molecule is CCC(CC)NC(=O)C(C)NC(C1CC1)C1CC1. The Bertz CT molecular complexity index is 268. The number of carbonyl (C=O) groups excluding carboxylic acids is 1. The largest absolute Gasteiger partial charge is 0.352 e. The Hall–Kier alpha value is -0.570. The Balaban J connectivity index is 1.78. The number of rotatable bonds is 8. The van der Waals surface area contributed by atoms with Crippen molar-refractivity contribution in [2.75, 3.05) is 0 Å². The van der Waals surface area contributed by atoms with Crippen molar-refractivity contribution >= 4 is 5.91 Å². The summed E-state index contributed by atoms with van der Waals surface area (Å²) < 4.78 is 0. The van der Waals surface area contributed by atoms with E-state index in [0.717, 1.165) is 24.7 Å². The third kappa shape index (κ3) is 3.71. The smallest absolute Gasteiger partial charge is 0.237 e. The zero-order valence-corrected chi connectivity index (χ0v) is 12.0. The summed E-state index contributed by atoms with van der Waals surface area (Å²) in [5, 5.41) is 6.72. The number of carbonyl (C=O) groups is 1. The highest BCUT2D eigenvalue weighted by atomic mass is 16.2. The molecule has 0 spiro atoms. The highest BCUT2D eigenvalue weighted by Crippen LogP contribution is 2.44. The molecule has 0 saturated heterocycles. The van der Waals surface area contributed by atoms with Gasteiger partial charge in [0.1, 0.15) is 0 Å². The molecule has 3 nitrogen and oxygen atoms in total. The van der Waals surface area contributed by atoms with Gasteiger partial charge in [0.05, 0.1) is 6.04 Å². The van der Waals surface area contributed by atoms with Crippen LogP contribution in [0, 0.1) is 11.8 Å². The van der Waals surface area contributed by atoms with Crippen molar-refractivity contribution in [1.82, 2.24) is 10.6 Å². The first-order valence-corrected chi connectivity index (χ1v) is 7.72. The lowest BCUT2D eigenvalue weighted by Crippen LogP contribution is -2.50. The lowest BCUT2D eigenvalue weighted by Gasteiger charge is -2.24. The van der Waals surface area contributed by atoms with E-state index in [1.54, 1.807) is 0 Å². The van der Waals surface area contributed by atoms with Crippen molar-refractivity contribution < 1.29 is 4.79 Å². The first kappa shape index (κ1) is 13.9. The second-order valence-corrected chi connectivity index (χ2v) is 6.11. The van der Waals surface area contributed by atoms with Crippen molar-refractivity contribution in [1.29, 1.82) is 0 Å². The van der Waals surface area contributed by atoms with Crippen LogP contribution in [0.15, 0.2) is 0 Å². The van der Waals surface area contributed by atoms with Gasteiger partial charge in [-0.25, -0.2) is 0 Å². The van der Waals surface area contributed by atoms with Gasteiger partial charge in [-0.05, 0) is 57.3 Å². The molecule has 0 aromatic heterocycles. The zero-order chi connectivity index (χ0) is 13.1. The topological polar surface area (TPSA) is 41.1 Å². The molecule has 1 unspecified atom stereocenters. The fourth-order valence-electron chi connectivity index (χ4n) is 2.75. The fraction of sp³-hybridized carbons (Fsp3) is 0.933. The highest BCUT2D eigenvalue weighted by Gasteiger charge is 2.42. The van der Waals surface area contributed by atoms with Crippen LogP contribution in [-0.4, -0.2) is 24.0 Å². The van der Waals surface area contributed by atoms with Crippen LogP contribution in [0.5, 0.6) is 0 Å². The van der Waals surface area contributed by atoms with E-state index in [-0.39, 0.29) is 11.9 Å². The van der Waals surface area contributed by atoms with E-state index in [0.29, 0.717) is 12.1 Å². The minimum Gasteiger partial charge on any atom is -0.352 e. The average Bonchev–Trinajstić information content (AvgIpc) is 3.24. The molecule has 0 bridgehead atoms. The number of hydrogen-bond donors (Lipinski definition) is 2. The van der Waals surface area contributed by atoms with Crippen LogP contribution in [0.3, 0.4) is 0 Å². The standard InChI is InChI=1S/C15H28N2O/c1-4-13(5-2)17-15(18)10(3)16-14(11-6-7-11)12-8-9-12/h10-14,16H,4-9H2,1-3H3,(H,17,18). The predicted octanol–water partition coefficient (Wildman–Crippen LogP) is 2.46. The molecular weight excluding hydrogens is 224 g/mol. The maximum atomic E-state index is 12.1. The molecule has 0 heterocycles. The molecule has 18 heavy (non-hydrogen) atoms. The van der Waals surface area contributed by atoms with E-state index in [2.05, 4.69) is 24.5 Å². The first-order valence-electron chi connectivity index (χ1n) is 7.72. The summed E-state index contributed by atoms with van der Waals surface area (Å²) in [6.45, 7) is 6.27. The van der Waals surface area contributed by atoms with E-state index in [4.69, 9.17) is 0 Å². The first-order chi connectivity index (χ1) is 8.65. The minimum atomic E-state index is -0.0446. The molecule has 0 aliphatic heterocycles. The van der Waals surface area contributed by atoms with Gasteiger partial charge in [0.15, 0.2) is 0 Å². The Labute approximate surface area is 111 Å². The molecule has 2 aliphatic rings. The minimum absolute atomic E-state index is 0.0446. The summed E-state index contributed by atoms with van der Waals surface area (Å²) in [4.78, 5) is 12.1.